The molecule has 0 unspecified atom stereocenters. The quantitative estimate of drug-likeness (QED) is 0.179. The molecule has 28 heavy (non-hydrogen) atoms. The van der Waals surface area contributed by atoms with Crippen molar-refractivity contribution < 1.29 is 55.3 Å². The van der Waals surface area contributed by atoms with E-state index in [2.05, 4.69) is 4.57 Å². The third-order valence-corrected chi connectivity index (χ3v) is 2.81. The molecule has 172 valence electrons. The molecule has 10 N–H and O–H groups in total. The second-order valence-corrected chi connectivity index (χ2v) is 8.23. The van der Waals surface area contributed by atoms with Crippen LogP contribution >= 0.6 is 0 Å². The molecular weight excluding hydrogens is 378 g/mol. The molecular formula is C15H40B2O11. The molecule has 0 atom stereocenters. The average molecular weight is 418 g/mol. The van der Waals surface area contributed by atoms with Crippen LogP contribution in [-0.2, 0) is 4.57 Å². The third kappa shape index (κ3) is 33.3. The van der Waals surface area contributed by atoms with Crippen molar-refractivity contribution in [2.45, 2.75) is 41.5 Å². The fourth-order valence-electron chi connectivity index (χ4n) is 0.259. The van der Waals surface area contributed by atoms with Gasteiger partial charge in [0.2, 0.25) is 0 Å². The van der Waals surface area contributed by atoms with Crippen molar-refractivity contribution in [3.63, 3.8) is 0 Å². The first-order valence-corrected chi connectivity index (χ1v) is 8.52. The van der Waals surface area contributed by atoms with Gasteiger partial charge >= 0.3 is 14.6 Å². The minimum Gasteiger partial charge on any atom is -0.402 e. The van der Waals surface area contributed by atoms with E-state index >= 15 is 0 Å². The number of rotatable bonds is 8. The van der Waals surface area contributed by atoms with Crippen LogP contribution in [0, 0.1) is 16.2 Å². The summed E-state index contributed by atoms with van der Waals surface area (Å²) in [5.41, 5.74) is -0.917. The largest absolute Gasteiger partial charge is 0.621 e. The maximum absolute atomic E-state index is 8.43. The summed E-state index contributed by atoms with van der Waals surface area (Å²) in [6.45, 7) is 11.1. The molecule has 0 heterocycles. The van der Waals surface area contributed by atoms with Crippen LogP contribution in [0.5, 0.6) is 0 Å². The van der Waals surface area contributed by atoms with Gasteiger partial charge in [0.05, 0.1) is 39.6 Å². The second-order valence-electron chi connectivity index (χ2n) is 8.23. The van der Waals surface area contributed by atoms with E-state index in [-0.39, 0.29) is 55.9 Å². The lowest BCUT2D eigenvalue weighted by Crippen LogP contribution is -2.28. The normalized spacial score (nSPS) is 11.1. The van der Waals surface area contributed by atoms with Crippen LogP contribution in [0.1, 0.15) is 41.5 Å². The first kappa shape index (κ1) is 35.1. The smallest absolute Gasteiger partial charge is 0.402 e. The van der Waals surface area contributed by atoms with Gasteiger partial charge in [0.25, 0.3) is 0 Å². The number of hydrogen-bond donors (Lipinski definition) is 10. The summed E-state index contributed by atoms with van der Waals surface area (Å²) in [5, 5.41) is 81.5. The molecule has 0 saturated carbocycles. The summed E-state index contributed by atoms with van der Waals surface area (Å²) >= 11 is 0. The summed E-state index contributed by atoms with van der Waals surface area (Å²) in [5.74, 6) is 0. The predicted octanol–water partition coefficient (Wildman–Crippen LogP) is -3.07. The van der Waals surface area contributed by atoms with Gasteiger partial charge in [-0.25, -0.2) is 0 Å². The molecule has 0 amide bonds. The Kier molecular flexibility index (Phi) is 23.5. The summed E-state index contributed by atoms with van der Waals surface area (Å²) < 4.78 is 3.47. The summed E-state index contributed by atoms with van der Waals surface area (Å²) in [6.07, 6.45) is 0. The van der Waals surface area contributed by atoms with Gasteiger partial charge in [-0.3, -0.25) is 0 Å². The van der Waals surface area contributed by atoms with E-state index < -0.39 is 14.6 Å². The molecule has 0 radical (unpaired) electrons. The highest BCUT2D eigenvalue weighted by Crippen LogP contribution is 2.11. The molecule has 0 spiro atoms. The highest BCUT2D eigenvalue weighted by molar-refractivity contribution is 6.48. The summed E-state index contributed by atoms with van der Waals surface area (Å²) in [7, 11) is -4.25. The van der Waals surface area contributed by atoms with Gasteiger partial charge in [0.1, 0.15) is 0 Å². The molecule has 0 aromatic rings. The maximum atomic E-state index is 8.43. The van der Waals surface area contributed by atoms with E-state index in [1.807, 2.05) is 0 Å². The number of aliphatic hydroxyl groups is 6. The van der Waals surface area contributed by atoms with Crippen molar-refractivity contribution in [3.8, 4) is 0 Å². The lowest BCUT2D eigenvalue weighted by Gasteiger charge is -2.16. The van der Waals surface area contributed by atoms with Gasteiger partial charge in [-0.2, -0.15) is 0 Å². The lowest BCUT2D eigenvalue weighted by molar-refractivity contribution is 0.0855. The minimum absolute atomic E-state index is 0.0451. The highest BCUT2D eigenvalue weighted by atomic mass is 16.7. The predicted molar refractivity (Wildman–Crippen MR) is 105 cm³/mol. The molecule has 0 aliphatic rings. The Morgan fingerprint density at radius 2 is 0.607 bits per heavy atom. The van der Waals surface area contributed by atoms with E-state index in [0.717, 1.165) is 0 Å². The molecule has 0 aliphatic carbocycles. The second kappa shape index (κ2) is 18.7. The topological polar surface area (TPSA) is 212 Å². The summed E-state index contributed by atoms with van der Waals surface area (Å²) in [4.78, 5) is 0. The van der Waals surface area contributed by atoms with Crippen LogP contribution in [0.3, 0.4) is 0 Å². The van der Waals surface area contributed by atoms with Crippen molar-refractivity contribution in [3.05, 3.63) is 0 Å². The van der Waals surface area contributed by atoms with E-state index in [9.17, 15) is 0 Å². The Labute approximate surface area is 168 Å². The van der Waals surface area contributed by atoms with Gasteiger partial charge in [-0.05, 0) is 0 Å². The van der Waals surface area contributed by atoms with Crippen LogP contribution in [0.4, 0.5) is 0 Å². The summed E-state index contributed by atoms with van der Waals surface area (Å²) in [6, 6.07) is 0. The standard InChI is InChI=1S/3C5H12O2.B2H4O5/c3*1-5(2,3-6)4-7;3-1(4)7-2(5)6/h3*6-7H,3-4H2,1-2H3;3-6H. The highest BCUT2D eigenvalue weighted by Gasteiger charge is 2.18. The molecule has 0 bridgehead atoms. The van der Waals surface area contributed by atoms with Crippen molar-refractivity contribution in [1.82, 2.24) is 0 Å². The fraction of sp³-hybridized carbons (Fsp3) is 1.00. The number of hydrogen-bond acceptors (Lipinski definition) is 11. The molecule has 11 nitrogen and oxygen atoms in total. The van der Waals surface area contributed by atoms with Crippen molar-refractivity contribution in [2.24, 2.45) is 16.2 Å². The van der Waals surface area contributed by atoms with E-state index in [1.165, 1.54) is 0 Å². The average Bonchev–Trinajstić information content (AvgIpc) is 2.62. The molecule has 0 aromatic heterocycles. The van der Waals surface area contributed by atoms with Crippen LogP contribution in [0.15, 0.2) is 0 Å². The van der Waals surface area contributed by atoms with Gasteiger partial charge in [-0.15, -0.1) is 0 Å². The minimum atomic E-state index is -2.13. The zero-order valence-corrected chi connectivity index (χ0v) is 17.8. The first-order chi connectivity index (χ1) is 12.5. The number of aliphatic hydroxyl groups excluding tert-OH is 6. The van der Waals surface area contributed by atoms with Gasteiger partial charge in [0, 0.05) is 16.2 Å². The van der Waals surface area contributed by atoms with E-state index in [0.29, 0.717) is 0 Å². The lowest BCUT2D eigenvalue weighted by atomic mass is 9.97. The SMILES string of the molecule is CC(C)(CO)CO.CC(C)(CO)CO.CC(C)(CO)CO.OB(O)OB(O)O. The Bertz CT molecular complexity index is 265. The molecule has 13 heteroatoms. The molecule has 0 fully saturated rings. The van der Waals surface area contributed by atoms with E-state index in [4.69, 9.17) is 50.7 Å². The Balaban J connectivity index is -0.000000137. The van der Waals surface area contributed by atoms with Crippen molar-refractivity contribution in [1.29, 1.82) is 0 Å². The fourth-order valence-corrected chi connectivity index (χ4v) is 0.259. The molecule has 0 saturated heterocycles. The van der Waals surface area contributed by atoms with Crippen molar-refractivity contribution >= 4 is 14.6 Å². The van der Waals surface area contributed by atoms with Crippen LogP contribution in [0.25, 0.3) is 0 Å². The molecule has 0 aliphatic heterocycles. The Morgan fingerprint density at radius 3 is 0.607 bits per heavy atom. The Hall–Kier alpha value is -0.310. The third-order valence-electron chi connectivity index (χ3n) is 2.81. The van der Waals surface area contributed by atoms with Crippen LogP contribution < -0.4 is 0 Å². The monoisotopic (exact) mass is 418 g/mol. The van der Waals surface area contributed by atoms with Crippen LogP contribution in [0.2, 0.25) is 0 Å². The van der Waals surface area contributed by atoms with Gasteiger partial charge in [-0.1, -0.05) is 41.5 Å². The molecule has 0 rings (SSSR count). The van der Waals surface area contributed by atoms with Crippen molar-refractivity contribution in [2.75, 3.05) is 39.6 Å². The zero-order chi connectivity index (χ0) is 23.6. The molecule has 0 aromatic carbocycles. The zero-order valence-electron chi connectivity index (χ0n) is 17.8. The maximum Gasteiger partial charge on any atom is 0.621 e. The van der Waals surface area contributed by atoms with Gasteiger partial charge in [0.15, 0.2) is 0 Å². The van der Waals surface area contributed by atoms with Crippen LogP contribution in [-0.4, -0.2) is 105 Å². The Morgan fingerprint density at radius 1 is 0.464 bits per heavy atom. The first-order valence-electron chi connectivity index (χ1n) is 8.52. The van der Waals surface area contributed by atoms with E-state index in [1.54, 1.807) is 41.5 Å². The van der Waals surface area contributed by atoms with Gasteiger partial charge < -0.3 is 55.3 Å².